The SMILES string of the molecule is CO[C@@]12CC[C@@H](Oc3ccccn3)C[C@@H]1N(CCO)CC2. The fraction of sp³-hybridized carbons (Fsp3) is 0.688. The number of fused-ring (bicyclic) bond motifs is 1. The molecule has 1 aliphatic carbocycles. The fourth-order valence-electron chi connectivity index (χ4n) is 3.85. The topological polar surface area (TPSA) is 54.8 Å². The van der Waals surface area contributed by atoms with Gasteiger partial charge in [0.1, 0.15) is 6.10 Å². The van der Waals surface area contributed by atoms with E-state index in [1.807, 2.05) is 25.3 Å². The summed E-state index contributed by atoms with van der Waals surface area (Å²) in [7, 11) is 1.81. The Hall–Kier alpha value is -1.17. The third-order valence-corrected chi connectivity index (χ3v) is 4.96. The lowest BCUT2D eigenvalue weighted by Gasteiger charge is -2.43. The average Bonchev–Trinajstić information content (AvgIpc) is 2.88. The van der Waals surface area contributed by atoms with Crippen LogP contribution in [0.4, 0.5) is 0 Å². The third kappa shape index (κ3) is 2.91. The Morgan fingerprint density at radius 2 is 2.33 bits per heavy atom. The molecule has 0 amide bonds. The zero-order valence-corrected chi connectivity index (χ0v) is 12.6. The van der Waals surface area contributed by atoms with E-state index in [9.17, 15) is 5.11 Å². The first-order chi connectivity index (χ1) is 10.3. The molecule has 21 heavy (non-hydrogen) atoms. The van der Waals surface area contributed by atoms with Gasteiger partial charge < -0.3 is 14.6 Å². The fourth-order valence-corrected chi connectivity index (χ4v) is 3.85. The molecule has 3 rings (SSSR count). The van der Waals surface area contributed by atoms with Crippen LogP contribution < -0.4 is 4.74 Å². The van der Waals surface area contributed by atoms with Gasteiger partial charge in [-0.1, -0.05) is 6.07 Å². The van der Waals surface area contributed by atoms with Crippen LogP contribution in [0.1, 0.15) is 25.7 Å². The van der Waals surface area contributed by atoms with Crippen LogP contribution in [0.5, 0.6) is 5.88 Å². The van der Waals surface area contributed by atoms with Gasteiger partial charge in [-0.05, 0) is 25.3 Å². The smallest absolute Gasteiger partial charge is 0.213 e. The lowest BCUT2D eigenvalue weighted by molar-refractivity contribution is -0.0842. The quantitative estimate of drug-likeness (QED) is 0.890. The molecule has 0 unspecified atom stereocenters. The number of nitrogens with zero attached hydrogens (tertiary/aromatic N) is 2. The second kappa shape index (κ2) is 6.30. The maximum absolute atomic E-state index is 9.25. The summed E-state index contributed by atoms with van der Waals surface area (Å²) in [5.74, 6) is 0.694. The second-order valence-electron chi connectivity index (χ2n) is 5.98. The molecular formula is C16H24N2O3. The van der Waals surface area contributed by atoms with Gasteiger partial charge in [0.05, 0.1) is 12.2 Å². The van der Waals surface area contributed by atoms with Crippen molar-refractivity contribution in [3.05, 3.63) is 24.4 Å². The highest BCUT2D eigenvalue weighted by atomic mass is 16.5. The number of aromatic nitrogens is 1. The van der Waals surface area contributed by atoms with Gasteiger partial charge in [-0.3, -0.25) is 4.90 Å². The molecule has 0 radical (unpaired) electrons. The van der Waals surface area contributed by atoms with Crippen molar-refractivity contribution in [2.24, 2.45) is 0 Å². The van der Waals surface area contributed by atoms with Crippen LogP contribution in [-0.4, -0.2) is 59.5 Å². The Balaban J connectivity index is 1.69. The van der Waals surface area contributed by atoms with Gasteiger partial charge in [-0.2, -0.15) is 0 Å². The Bertz CT molecular complexity index is 456. The van der Waals surface area contributed by atoms with E-state index in [-0.39, 0.29) is 18.3 Å². The number of aliphatic hydroxyl groups excluding tert-OH is 1. The first-order valence-electron chi connectivity index (χ1n) is 7.75. The van der Waals surface area contributed by atoms with E-state index in [2.05, 4.69) is 9.88 Å². The minimum Gasteiger partial charge on any atom is -0.474 e. The third-order valence-electron chi connectivity index (χ3n) is 4.96. The number of methoxy groups -OCH3 is 1. The minimum atomic E-state index is -0.0564. The number of hydrogen-bond acceptors (Lipinski definition) is 5. The summed E-state index contributed by atoms with van der Waals surface area (Å²) in [6.07, 6.45) is 5.91. The first kappa shape index (κ1) is 14.8. The lowest BCUT2D eigenvalue weighted by atomic mass is 9.79. The molecule has 2 heterocycles. The van der Waals surface area contributed by atoms with Crippen molar-refractivity contribution in [1.82, 2.24) is 9.88 Å². The zero-order chi connectivity index (χ0) is 14.7. The number of hydrogen-bond donors (Lipinski definition) is 1. The monoisotopic (exact) mass is 292 g/mol. The normalized spacial score (nSPS) is 32.9. The van der Waals surface area contributed by atoms with E-state index in [0.717, 1.165) is 32.2 Å². The summed E-state index contributed by atoms with van der Waals surface area (Å²) in [4.78, 5) is 6.59. The Morgan fingerprint density at radius 3 is 3.05 bits per heavy atom. The van der Waals surface area contributed by atoms with Crippen LogP contribution in [0.25, 0.3) is 0 Å². The molecule has 1 aromatic rings. The lowest BCUT2D eigenvalue weighted by Crippen LogP contribution is -2.52. The molecule has 1 saturated heterocycles. The molecule has 1 saturated carbocycles. The van der Waals surface area contributed by atoms with Crippen molar-refractivity contribution >= 4 is 0 Å². The van der Waals surface area contributed by atoms with Crippen molar-refractivity contribution < 1.29 is 14.6 Å². The molecule has 1 N–H and O–H groups in total. The molecule has 0 spiro atoms. The van der Waals surface area contributed by atoms with E-state index >= 15 is 0 Å². The van der Waals surface area contributed by atoms with Crippen LogP contribution in [0.3, 0.4) is 0 Å². The van der Waals surface area contributed by atoms with Gasteiger partial charge in [-0.25, -0.2) is 4.98 Å². The van der Waals surface area contributed by atoms with Gasteiger partial charge in [0.2, 0.25) is 5.88 Å². The summed E-state index contributed by atoms with van der Waals surface area (Å²) >= 11 is 0. The predicted octanol–water partition coefficient (Wildman–Crippen LogP) is 1.46. The van der Waals surface area contributed by atoms with Crippen LogP contribution in [0.2, 0.25) is 0 Å². The molecular weight excluding hydrogens is 268 g/mol. The van der Waals surface area contributed by atoms with Gasteiger partial charge in [0.15, 0.2) is 0 Å². The highest BCUT2D eigenvalue weighted by Gasteiger charge is 2.51. The van der Waals surface area contributed by atoms with Crippen LogP contribution in [0, 0.1) is 0 Å². The van der Waals surface area contributed by atoms with E-state index in [4.69, 9.17) is 9.47 Å². The minimum absolute atomic E-state index is 0.0564. The van der Waals surface area contributed by atoms with Crippen LogP contribution >= 0.6 is 0 Å². The predicted molar refractivity (Wildman–Crippen MR) is 79.3 cm³/mol. The number of likely N-dealkylation sites (tertiary alicyclic amines) is 1. The largest absolute Gasteiger partial charge is 0.474 e. The van der Waals surface area contributed by atoms with Gasteiger partial charge >= 0.3 is 0 Å². The van der Waals surface area contributed by atoms with Gasteiger partial charge in [0, 0.05) is 44.9 Å². The Kier molecular flexibility index (Phi) is 4.42. The molecule has 0 bridgehead atoms. The molecule has 5 heteroatoms. The maximum atomic E-state index is 9.25. The number of β-amino-alcohol motifs (C(OH)–C–C–N with tert-alkyl or cyclic N) is 1. The summed E-state index contributed by atoms with van der Waals surface area (Å²) < 4.78 is 11.9. The molecule has 0 aromatic carbocycles. The van der Waals surface area contributed by atoms with Crippen molar-refractivity contribution in [1.29, 1.82) is 0 Å². The molecule has 1 aromatic heterocycles. The Morgan fingerprint density at radius 1 is 1.43 bits per heavy atom. The number of pyridine rings is 1. The van der Waals surface area contributed by atoms with E-state index in [1.165, 1.54) is 0 Å². The first-order valence-corrected chi connectivity index (χ1v) is 7.75. The summed E-state index contributed by atoms with van der Waals surface area (Å²) in [6.45, 7) is 1.91. The standard InChI is InChI=1S/C16H24N2O3/c1-20-16-6-5-13(21-15-4-2-3-8-17-15)12-14(16)18(9-7-16)10-11-19/h2-4,8,13-14,19H,5-7,9-12H2,1H3/t13-,14+,16-/m1/s1. The maximum Gasteiger partial charge on any atom is 0.213 e. The van der Waals surface area contributed by atoms with Crippen LogP contribution in [-0.2, 0) is 4.74 Å². The van der Waals surface area contributed by atoms with E-state index < -0.39 is 0 Å². The van der Waals surface area contributed by atoms with E-state index in [1.54, 1.807) is 6.20 Å². The highest BCUT2D eigenvalue weighted by molar-refractivity contribution is 5.11. The van der Waals surface area contributed by atoms with Crippen molar-refractivity contribution in [3.8, 4) is 5.88 Å². The number of aliphatic hydroxyl groups is 1. The average molecular weight is 292 g/mol. The van der Waals surface area contributed by atoms with Crippen molar-refractivity contribution in [2.75, 3.05) is 26.8 Å². The van der Waals surface area contributed by atoms with Crippen molar-refractivity contribution in [2.45, 2.75) is 43.4 Å². The molecule has 2 fully saturated rings. The van der Waals surface area contributed by atoms with Gasteiger partial charge in [-0.15, -0.1) is 0 Å². The molecule has 2 aliphatic rings. The Labute approximate surface area is 125 Å². The second-order valence-corrected chi connectivity index (χ2v) is 5.98. The zero-order valence-electron chi connectivity index (χ0n) is 12.6. The highest BCUT2D eigenvalue weighted by Crippen LogP contribution is 2.42. The molecule has 3 atom stereocenters. The van der Waals surface area contributed by atoms with Gasteiger partial charge in [0.25, 0.3) is 0 Å². The summed E-state index contributed by atoms with van der Waals surface area (Å²) in [5, 5.41) is 9.25. The molecule has 116 valence electrons. The summed E-state index contributed by atoms with van der Waals surface area (Å²) in [5.41, 5.74) is -0.0564. The molecule has 1 aliphatic heterocycles. The van der Waals surface area contributed by atoms with Crippen LogP contribution in [0.15, 0.2) is 24.4 Å². The molecule has 5 nitrogen and oxygen atoms in total. The number of ether oxygens (including phenoxy) is 2. The van der Waals surface area contributed by atoms with Crippen molar-refractivity contribution in [3.63, 3.8) is 0 Å². The van der Waals surface area contributed by atoms with E-state index in [0.29, 0.717) is 18.5 Å². The summed E-state index contributed by atoms with van der Waals surface area (Å²) in [6, 6.07) is 6.07. The number of rotatable bonds is 5.